The minimum absolute atomic E-state index is 0.0220. The van der Waals surface area contributed by atoms with E-state index in [4.69, 9.17) is 9.84 Å². The number of anilines is 1. The number of carboxylic acids is 1. The summed E-state index contributed by atoms with van der Waals surface area (Å²) >= 11 is 0. The summed E-state index contributed by atoms with van der Waals surface area (Å²) in [6.07, 6.45) is 0. The Bertz CT molecular complexity index is 562. The number of methoxy groups -OCH3 is 1. The summed E-state index contributed by atoms with van der Waals surface area (Å²) in [6, 6.07) is 6.94. The molecule has 0 aliphatic carbocycles. The molecule has 0 unspecified atom stereocenters. The van der Waals surface area contributed by atoms with E-state index in [0.29, 0.717) is 18.0 Å². The topological polar surface area (TPSA) is 108 Å². The fourth-order valence-electron chi connectivity index (χ4n) is 1.82. The van der Waals surface area contributed by atoms with Crippen molar-refractivity contribution in [1.82, 2.24) is 10.2 Å². The maximum Gasteiger partial charge on any atom is 0.322 e. The zero-order valence-electron chi connectivity index (χ0n) is 13.2. The van der Waals surface area contributed by atoms with Gasteiger partial charge in [-0.2, -0.15) is 0 Å². The highest BCUT2D eigenvalue weighted by molar-refractivity contribution is 5.93. The molecule has 126 valence electrons. The third kappa shape index (κ3) is 7.28. The normalized spacial score (nSPS) is 10.2. The molecule has 0 spiro atoms. The number of hydrogen-bond donors (Lipinski definition) is 3. The van der Waals surface area contributed by atoms with Crippen molar-refractivity contribution in [3.8, 4) is 5.75 Å². The van der Waals surface area contributed by atoms with Crippen LogP contribution >= 0.6 is 0 Å². The maximum absolute atomic E-state index is 12.0. The van der Waals surface area contributed by atoms with Gasteiger partial charge in [0.2, 0.25) is 11.8 Å². The van der Waals surface area contributed by atoms with Gasteiger partial charge in [0.25, 0.3) is 0 Å². The summed E-state index contributed by atoms with van der Waals surface area (Å²) in [7, 11) is 1.54. The summed E-state index contributed by atoms with van der Waals surface area (Å²) in [5, 5.41) is 13.5. The molecule has 8 nitrogen and oxygen atoms in total. The van der Waals surface area contributed by atoms with Crippen LogP contribution < -0.4 is 15.4 Å². The largest absolute Gasteiger partial charge is 0.497 e. The molecule has 0 radical (unpaired) electrons. The highest BCUT2D eigenvalue weighted by Crippen LogP contribution is 2.16. The standard InChI is InChI=1S/C15H21N3O5/c1-3-18(9-13(19)16-8-15(21)22)10-14(20)17-11-5-4-6-12(7-11)23-2/h4-7H,3,8-10H2,1-2H3,(H,16,19)(H,17,20)(H,21,22). The Morgan fingerprint density at radius 2 is 1.91 bits per heavy atom. The summed E-state index contributed by atoms with van der Waals surface area (Å²) in [6.45, 7) is 1.82. The van der Waals surface area contributed by atoms with Crippen LogP contribution in [0.1, 0.15) is 6.92 Å². The zero-order chi connectivity index (χ0) is 17.2. The molecule has 23 heavy (non-hydrogen) atoms. The number of carbonyl (C=O) groups is 3. The Balaban J connectivity index is 2.49. The number of aliphatic carboxylic acids is 1. The number of carbonyl (C=O) groups excluding carboxylic acids is 2. The number of ether oxygens (including phenoxy) is 1. The van der Waals surface area contributed by atoms with Crippen molar-refractivity contribution in [1.29, 1.82) is 0 Å². The van der Waals surface area contributed by atoms with Crippen LogP contribution in [0.3, 0.4) is 0 Å². The Kier molecular flexibility index (Phi) is 7.55. The predicted octanol–water partition coefficient (Wildman–Crippen LogP) is 0.156. The van der Waals surface area contributed by atoms with Crippen molar-refractivity contribution in [2.24, 2.45) is 0 Å². The van der Waals surface area contributed by atoms with Crippen LogP contribution in [-0.2, 0) is 14.4 Å². The van der Waals surface area contributed by atoms with E-state index in [9.17, 15) is 14.4 Å². The number of rotatable bonds is 9. The van der Waals surface area contributed by atoms with E-state index in [1.807, 2.05) is 6.92 Å². The van der Waals surface area contributed by atoms with Gasteiger partial charge in [-0.3, -0.25) is 19.3 Å². The van der Waals surface area contributed by atoms with Gasteiger partial charge in [0, 0.05) is 11.8 Å². The summed E-state index contributed by atoms with van der Waals surface area (Å²) in [5.41, 5.74) is 0.598. The molecule has 0 aromatic heterocycles. The van der Waals surface area contributed by atoms with Crippen LogP contribution in [-0.4, -0.2) is 61.1 Å². The van der Waals surface area contributed by atoms with Crippen LogP contribution in [0.4, 0.5) is 5.69 Å². The lowest BCUT2D eigenvalue weighted by atomic mass is 10.3. The Hall–Kier alpha value is -2.61. The average molecular weight is 323 g/mol. The van der Waals surface area contributed by atoms with E-state index in [2.05, 4.69) is 10.6 Å². The van der Waals surface area contributed by atoms with E-state index < -0.39 is 18.4 Å². The highest BCUT2D eigenvalue weighted by Gasteiger charge is 2.14. The Morgan fingerprint density at radius 1 is 1.22 bits per heavy atom. The number of benzene rings is 1. The van der Waals surface area contributed by atoms with Gasteiger partial charge >= 0.3 is 5.97 Å². The van der Waals surface area contributed by atoms with E-state index in [0.717, 1.165) is 0 Å². The van der Waals surface area contributed by atoms with Crippen molar-refractivity contribution in [3.05, 3.63) is 24.3 Å². The molecule has 2 amide bonds. The van der Waals surface area contributed by atoms with Crippen LogP contribution in [0.25, 0.3) is 0 Å². The van der Waals surface area contributed by atoms with Crippen LogP contribution in [0, 0.1) is 0 Å². The number of amides is 2. The van der Waals surface area contributed by atoms with Gasteiger partial charge in [-0.1, -0.05) is 13.0 Å². The average Bonchev–Trinajstić information content (AvgIpc) is 2.52. The molecule has 1 rings (SSSR count). The second-order valence-electron chi connectivity index (χ2n) is 4.75. The van der Waals surface area contributed by atoms with Crippen molar-refractivity contribution < 1.29 is 24.2 Å². The SMILES string of the molecule is CCN(CC(=O)NCC(=O)O)CC(=O)Nc1cccc(OC)c1. The van der Waals surface area contributed by atoms with Crippen molar-refractivity contribution >= 4 is 23.5 Å². The number of hydrogen-bond acceptors (Lipinski definition) is 5. The minimum Gasteiger partial charge on any atom is -0.497 e. The smallest absolute Gasteiger partial charge is 0.322 e. The van der Waals surface area contributed by atoms with Gasteiger partial charge in [0.05, 0.1) is 20.2 Å². The van der Waals surface area contributed by atoms with Crippen LogP contribution in [0.2, 0.25) is 0 Å². The first-order valence-corrected chi connectivity index (χ1v) is 7.09. The molecule has 0 saturated carbocycles. The molecule has 8 heteroatoms. The fraction of sp³-hybridized carbons (Fsp3) is 0.400. The summed E-state index contributed by atoms with van der Waals surface area (Å²) in [4.78, 5) is 35.6. The lowest BCUT2D eigenvalue weighted by Crippen LogP contribution is -2.42. The lowest BCUT2D eigenvalue weighted by molar-refractivity contribution is -0.138. The van der Waals surface area contributed by atoms with Gasteiger partial charge in [0.1, 0.15) is 12.3 Å². The monoisotopic (exact) mass is 323 g/mol. The van der Waals surface area contributed by atoms with Crippen molar-refractivity contribution in [2.45, 2.75) is 6.92 Å². The molecule has 0 atom stereocenters. The molecule has 1 aromatic rings. The second kappa shape index (κ2) is 9.42. The quantitative estimate of drug-likeness (QED) is 0.597. The summed E-state index contributed by atoms with van der Waals surface area (Å²) in [5.74, 6) is -1.20. The predicted molar refractivity (Wildman–Crippen MR) is 84.4 cm³/mol. The number of nitrogens with one attached hydrogen (secondary N) is 2. The van der Waals surface area contributed by atoms with E-state index >= 15 is 0 Å². The maximum atomic E-state index is 12.0. The first-order valence-electron chi connectivity index (χ1n) is 7.09. The number of carboxylic acid groups (broad SMARTS) is 1. The highest BCUT2D eigenvalue weighted by atomic mass is 16.5. The van der Waals surface area contributed by atoms with Crippen LogP contribution in [0.15, 0.2) is 24.3 Å². The molecule has 0 aliphatic rings. The van der Waals surface area contributed by atoms with Gasteiger partial charge in [0.15, 0.2) is 0 Å². The molecule has 0 saturated heterocycles. The molecule has 0 aliphatic heterocycles. The summed E-state index contributed by atoms with van der Waals surface area (Å²) < 4.78 is 5.07. The zero-order valence-corrected chi connectivity index (χ0v) is 13.2. The second-order valence-corrected chi connectivity index (χ2v) is 4.75. The van der Waals surface area contributed by atoms with E-state index in [-0.39, 0.29) is 19.0 Å². The van der Waals surface area contributed by atoms with Gasteiger partial charge in [-0.05, 0) is 18.7 Å². The molecular formula is C15H21N3O5. The first kappa shape index (κ1) is 18.4. The third-order valence-corrected chi connectivity index (χ3v) is 2.97. The number of likely N-dealkylation sites (N-methyl/N-ethyl adjacent to an activating group) is 1. The molecule has 3 N–H and O–H groups in total. The molecule has 0 heterocycles. The lowest BCUT2D eigenvalue weighted by Gasteiger charge is -2.19. The minimum atomic E-state index is -1.11. The molecule has 0 fully saturated rings. The van der Waals surface area contributed by atoms with E-state index in [1.165, 1.54) is 7.11 Å². The molecule has 1 aromatic carbocycles. The van der Waals surface area contributed by atoms with Crippen LogP contribution in [0.5, 0.6) is 5.75 Å². The Morgan fingerprint density at radius 3 is 2.52 bits per heavy atom. The van der Waals surface area contributed by atoms with Gasteiger partial charge in [-0.15, -0.1) is 0 Å². The van der Waals surface area contributed by atoms with Crippen molar-refractivity contribution in [3.63, 3.8) is 0 Å². The fourth-order valence-corrected chi connectivity index (χ4v) is 1.82. The first-order chi connectivity index (χ1) is 10.9. The third-order valence-electron chi connectivity index (χ3n) is 2.97. The Labute approximate surface area is 134 Å². The number of nitrogens with zero attached hydrogens (tertiary/aromatic N) is 1. The van der Waals surface area contributed by atoms with Gasteiger partial charge < -0.3 is 20.5 Å². The van der Waals surface area contributed by atoms with E-state index in [1.54, 1.807) is 29.2 Å². The molecule has 0 bridgehead atoms. The van der Waals surface area contributed by atoms with Crippen molar-refractivity contribution in [2.75, 3.05) is 38.6 Å². The molecular weight excluding hydrogens is 302 g/mol. The van der Waals surface area contributed by atoms with Gasteiger partial charge in [-0.25, -0.2) is 0 Å².